The summed E-state index contributed by atoms with van der Waals surface area (Å²) in [5.41, 5.74) is 3.20. The van der Waals surface area contributed by atoms with Crippen molar-refractivity contribution < 1.29 is 13.2 Å². The fourth-order valence-electron chi connectivity index (χ4n) is 3.03. The lowest BCUT2D eigenvalue weighted by atomic mass is 10.1. The van der Waals surface area contributed by atoms with Crippen LogP contribution < -0.4 is 9.62 Å². The van der Waals surface area contributed by atoms with E-state index < -0.39 is 10.0 Å². The molecule has 8 heteroatoms. The minimum absolute atomic E-state index is 0.0212. The molecule has 3 aromatic rings. The number of sulfonamides is 1. The summed E-state index contributed by atoms with van der Waals surface area (Å²) < 4.78 is 26.1. The average Bonchev–Trinajstić information content (AvgIpc) is 2.73. The van der Waals surface area contributed by atoms with E-state index >= 15 is 0 Å². The Kier molecular flexibility index (Phi) is 7.26. The Morgan fingerprint density at radius 2 is 1.52 bits per heavy atom. The SMILES string of the molecule is CCc1ccc(NC(=O)c2ccc(N(Cc3c(Cl)cccc3Cl)S(C)(=O)=O)cc2)cc1. The van der Waals surface area contributed by atoms with Gasteiger partial charge in [-0.15, -0.1) is 0 Å². The monoisotopic (exact) mass is 476 g/mol. The highest BCUT2D eigenvalue weighted by molar-refractivity contribution is 7.92. The number of nitrogens with one attached hydrogen (secondary N) is 1. The zero-order chi connectivity index (χ0) is 22.6. The number of carbonyl (C=O) groups is 1. The summed E-state index contributed by atoms with van der Waals surface area (Å²) in [6.45, 7) is 2.04. The van der Waals surface area contributed by atoms with Crippen molar-refractivity contribution in [3.8, 4) is 0 Å². The summed E-state index contributed by atoms with van der Waals surface area (Å²) in [5, 5.41) is 3.60. The zero-order valence-corrected chi connectivity index (χ0v) is 19.4. The van der Waals surface area contributed by atoms with Crippen LogP contribution >= 0.6 is 23.2 Å². The summed E-state index contributed by atoms with van der Waals surface area (Å²) in [6, 6.07) is 19.0. The normalized spacial score (nSPS) is 11.2. The first kappa shape index (κ1) is 23.1. The third kappa shape index (κ3) is 5.79. The highest BCUT2D eigenvalue weighted by Crippen LogP contribution is 2.29. The number of carbonyl (C=O) groups excluding carboxylic acids is 1. The average molecular weight is 477 g/mol. The van der Waals surface area contributed by atoms with Crippen molar-refractivity contribution in [1.29, 1.82) is 0 Å². The van der Waals surface area contributed by atoms with Crippen LogP contribution in [-0.2, 0) is 23.0 Å². The molecule has 0 atom stereocenters. The predicted molar refractivity (Wildman–Crippen MR) is 128 cm³/mol. The molecular weight excluding hydrogens is 455 g/mol. The van der Waals surface area contributed by atoms with E-state index in [0.29, 0.717) is 32.5 Å². The van der Waals surface area contributed by atoms with Crippen molar-refractivity contribution in [1.82, 2.24) is 0 Å². The van der Waals surface area contributed by atoms with E-state index in [2.05, 4.69) is 12.2 Å². The molecular formula is C23H22Cl2N2O3S. The van der Waals surface area contributed by atoms with Crippen molar-refractivity contribution >= 4 is 50.5 Å². The van der Waals surface area contributed by atoms with Gasteiger partial charge in [-0.2, -0.15) is 0 Å². The maximum absolute atomic E-state index is 12.5. The van der Waals surface area contributed by atoms with Gasteiger partial charge in [-0.25, -0.2) is 8.42 Å². The Bertz CT molecular complexity index is 1160. The van der Waals surface area contributed by atoms with Crippen LogP contribution in [0.25, 0.3) is 0 Å². The molecule has 0 fully saturated rings. The van der Waals surface area contributed by atoms with Crippen molar-refractivity contribution in [3.63, 3.8) is 0 Å². The van der Waals surface area contributed by atoms with Crippen molar-refractivity contribution in [2.24, 2.45) is 0 Å². The van der Waals surface area contributed by atoms with Crippen LogP contribution in [0.2, 0.25) is 10.0 Å². The lowest BCUT2D eigenvalue weighted by Crippen LogP contribution is -2.29. The van der Waals surface area contributed by atoms with Gasteiger partial charge in [0.1, 0.15) is 0 Å². The van der Waals surface area contributed by atoms with Gasteiger partial charge in [0.2, 0.25) is 10.0 Å². The molecule has 0 heterocycles. The largest absolute Gasteiger partial charge is 0.322 e. The molecule has 1 amide bonds. The molecule has 162 valence electrons. The summed E-state index contributed by atoms with van der Waals surface area (Å²) >= 11 is 12.4. The van der Waals surface area contributed by atoms with Crippen molar-refractivity contribution in [2.75, 3.05) is 15.9 Å². The van der Waals surface area contributed by atoms with Gasteiger partial charge in [0.15, 0.2) is 0 Å². The molecule has 31 heavy (non-hydrogen) atoms. The van der Waals surface area contributed by atoms with Gasteiger partial charge in [0.25, 0.3) is 5.91 Å². The Morgan fingerprint density at radius 1 is 0.935 bits per heavy atom. The van der Waals surface area contributed by atoms with E-state index in [-0.39, 0.29) is 12.5 Å². The molecule has 0 aliphatic rings. The number of anilines is 2. The zero-order valence-electron chi connectivity index (χ0n) is 17.1. The fraction of sp³-hybridized carbons (Fsp3) is 0.174. The van der Waals surface area contributed by atoms with Gasteiger partial charge < -0.3 is 5.32 Å². The molecule has 0 saturated carbocycles. The Morgan fingerprint density at radius 3 is 2.03 bits per heavy atom. The highest BCUT2D eigenvalue weighted by Gasteiger charge is 2.21. The molecule has 1 N–H and O–H groups in total. The second-order valence-electron chi connectivity index (χ2n) is 7.02. The maximum atomic E-state index is 12.5. The summed E-state index contributed by atoms with van der Waals surface area (Å²) in [4.78, 5) is 12.5. The van der Waals surface area contributed by atoms with E-state index in [1.807, 2.05) is 24.3 Å². The summed E-state index contributed by atoms with van der Waals surface area (Å²) in [5.74, 6) is -0.282. The van der Waals surface area contributed by atoms with Crippen LogP contribution in [-0.4, -0.2) is 20.6 Å². The molecule has 3 rings (SSSR count). The predicted octanol–water partition coefficient (Wildman–Crippen LogP) is 5.77. The molecule has 0 bridgehead atoms. The Hall–Kier alpha value is -2.54. The van der Waals surface area contributed by atoms with Crippen LogP contribution in [0.3, 0.4) is 0 Å². The molecule has 0 aromatic heterocycles. The van der Waals surface area contributed by atoms with Gasteiger partial charge >= 0.3 is 0 Å². The Labute approximate surface area is 192 Å². The number of rotatable bonds is 7. The van der Waals surface area contributed by atoms with Crippen LogP contribution in [0.4, 0.5) is 11.4 Å². The maximum Gasteiger partial charge on any atom is 0.255 e. The number of halogens is 2. The van der Waals surface area contributed by atoms with E-state index in [9.17, 15) is 13.2 Å². The fourth-order valence-corrected chi connectivity index (χ4v) is 4.42. The van der Waals surface area contributed by atoms with Crippen LogP contribution in [0.5, 0.6) is 0 Å². The molecule has 0 aliphatic carbocycles. The molecule has 0 saturated heterocycles. The lowest BCUT2D eigenvalue weighted by molar-refractivity contribution is 0.102. The van der Waals surface area contributed by atoms with Crippen molar-refractivity contribution in [2.45, 2.75) is 19.9 Å². The minimum atomic E-state index is -3.62. The van der Waals surface area contributed by atoms with Crippen molar-refractivity contribution in [3.05, 3.63) is 93.5 Å². The van der Waals surface area contributed by atoms with Crippen LogP contribution in [0.15, 0.2) is 66.7 Å². The van der Waals surface area contributed by atoms with Gasteiger partial charge in [-0.1, -0.05) is 48.3 Å². The number of hydrogen-bond donors (Lipinski definition) is 1. The third-order valence-electron chi connectivity index (χ3n) is 4.80. The quantitative estimate of drug-likeness (QED) is 0.470. The van der Waals surface area contributed by atoms with E-state index in [0.717, 1.165) is 12.7 Å². The third-order valence-corrected chi connectivity index (χ3v) is 6.65. The van der Waals surface area contributed by atoms with E-state index in [4.69, 9.17) is 23.2 Å². The smallest absolute Gasteiger partial charge is 0.255 e. The number of aryl methyl sites for hydroxylation is 1. The molecule has 0 aliphatic heterocycles. The molecule has 0 spiro atoms. The number of amides is 1. The highest BCUT2D eigenvalue weighted by atomic mass is 35.5. The second kappa shape index (κ2) is 9.73. The van der Waals surface area contributed by atoms with Gasteiger partial charge in [0, 0.05) is 26.9 Å². The van der Waals surface area contributed by atoms with E-state index in [1.54, 1.807) is 42.5 Å². The second-order valence-corrected chi connectivity index (χ2v) is 9.74. The lowest BCUT2D eigenvalue weighted by Gasteiger charge is -2.23. The van der Waals surface area contributed by atoms with Crippen LogP contribution in [0, 0.1) is 0 Å². The number of benzene rings is 3. The van der Waals surface area contributed by atoms with Crippen LogP contribution in [0.1, 0.15) is 28.4 Å². The van der Waals surface area contributed by atoms with Gasteiger partial charge in [-0.05, 0) is 60.5 Å². The minimum Gasteiger partial charge on any atom is -0.322 e. The first-order valence-electron chi connectivity index (χ1n) is 9.60. The standard InChI is InChI=1S/C23H22Cl2N2O3S/c1-3-16-7-11-18(12-8-16)26-23(28)17-9-13-19(14-10-17)27(31(2,29)30)15-20-21(24)5-4-6-22(20)25/h4-14H,3,15H2,1-2H3,(H,26,28). The molecule has 0 radical (unpaired) electrons. The molecule has 0 unspecified atom stereocenters. The number of nitrogens with zero attached hydrogens (tertiary/aromatic N) is 1. The molecule has 5 nitrogen and oxygen atoms in total. The first-order chi connectivity index (χ1) is 14.7. The molecule has 3 aromatic carbocycles. The number of hydrogen-bond acceptors (Lipinski definition) is 3. The van der Waals surface area contributed by atoms with E-state index in [1.165, 1.54) is 9.87 Å². The first-order valence-corrected chi connectivity index (χ1v) is 12.2. The van der Waals surface area contributed by atoms with Gasteiger partial charge in [0.05, 0.1) is 18.5 Å². The van der Waals surface area contributed by atoms with Gasteiger partial charge in [-0.3, -0.25) is 9.10 Å². The Balaban J connectivity index is 1.81. The summed E-state index contributed by atoms with van der Waals surface area (Å²) in [6.07, 6.45) is 2.03. The summed E-state index contributed by atoms with van der Waals surface area (Å²) in [7, 11) is -3.62. The topological polar surface area (TPSA) is 66.5 Å².